The van der Waals surface area contributed by atoms with Gasteiger partial charge in [0.25, 0.3) is 0 Å². The first kappa shape index (κ1) is 16.3. The van der Waals surface area contributed by atoms with Gasteiger partial charge < -0.3 is 10.5 Å². The maximum Gasteiger partial charge on any atom is 0.339 e. The first-order valence-electron chi connectivity index (χ1n) is 6.34. The van der Waals surface area contributed by atoms with Crippen molar-refractivity contribution >= 4 is 35.2 Å². The molecule has 0 saturated carbocycles. The topological polar surface area (TPSA) is 82.3 Å². The second kappa shape index (κ2) is 7.82. The lowest BCUT2D eigenvalue weighted by Gasteiger charge is -2.08. The maximum absolute atomic E-state index is 12.2. The van der Waals surface area contributed by atoms with E-state index in [0.29, 0.717) is 15.6 Å². The number of benzene rings is 1. The summed E-state index contributed by atoms with van der Waals surface area (Å²) in [5.74, 6) is -0.811. The van der Waals surface area contributed by atoms with Gasteiger partial charge in [0, 0.05) is 16.7 Å². The molecule has 1 aromatic carbocycles. The van der Waals surface area contributed by atoms with Crippen LogP contribution in [0.2, 0.25) is 5.15 Å². The molecule has 22 heavy (non-hydrogen) atoms. The van der Waals surface area contributed by atoms with Crippen LogP contribution < -0.4 is 5.73 Å². The van der Waals surface area contributed by atoms with E-state index in [1.165, 1.54) is 11.8 Å². The Balaban J connectivity index is 2.02. The Morgan fingerprint density at radius 1 is 1.23 bits per heavy atom. The molecular weight excluding hydrogens is 324 g/mol. The predicted molar refractivity (Wildman–Crippen MR) is 84.7 cm³/mol. The number of aromatic nitrogens is 1. The van der Waals surface area contributed by atoms with Gasteiger partial charge in [-0.3, -0.25) is 4.79 Å². The number of amides is 1. The van der Waals surface area contributed by atoms with Gasteiger partial charge in [0.05, 0.1) is 11.3 Å². The molecule has 2 rings (SSSR count). The summed E-state index contributed by atoms with van der Waals surface area (Å²) >= 11 is 6.89. The van der Waals surface area contributed by atoms with Gasteiger partial charge in [-0.2, -0.15) is 0 Å². The first-order chi connectivity index (χ1) is 10.6. The van der Waals surface area contributed by atoms with Gasteiger partial charge in [0.15, 0.2) is 0 Å². The second-order valence-electron chi connectivity index (χ2n) is 4.32. The Labute approximate surface area is 136 Å². The minimum atomic E-state index is -0.470. The van der Waals surface area contributed by atoms with E-state index in [-0.39, 0.29) is 12.4 Å². The molecule has 0 bridgehead atoms. The molecule has 0 aliphatic rings. The number of nitrogens with zero attached hydrogens (tertiary/aromatic N) is 1. The summed E-state index contributed by atoms with van der Waals surface area (Å²) in [7, 11) is 0. The minimum absolute atomic E-state index is 0.0951. The summed E-state index contributed by atoms with van der Waals surface area (Å²) in [5.41, 5.74) is 6.25. The van der Waals surface area contributed by atoms with Gasteiger partial charge in [0.1, 0.15) is 11.8 Å². The molecule has 0 saturated heterocycles. The third-order valence-corrected chi connectivity index (χ3v) is 3.95. The fourth-order valence-electron chi connectivity index (χ4n) is 1.63. The van der Waals surface area contributed by atoms with Gasteiger partial charge in [-0.25, -0.2) is 9.78 Å². The molecule has 2 aromatic rings. The fourth-order valence-corrected chi connectivity index (χ4v) is 2.52. The first-order valence-corrected chi connectivity index (χ1v) is 7.70. The molecule has 7 heteroatoms. The number of hydrogen-bond acceptors (Lipinski definition) is 5. The molecule has 0 atom stereocenters. The summed E-state index contributed by atoms with van der Waals surface area (Å²) in [6, 6.07) is 10.3. The number of hydrogen-bond donors (Lipinski definition) is 1. The van der Waals surface area contributed by atoms with Crippen molar-refractivity contribution in [1.29, 1.82) is 0 Å². The molecule has 1 amide bonds. The monoisotopic (exact) mass is 336 g/mol. The summed E-state index contributed by atoms with van der Waals surface area (Å²) < 4.78 is 5.25. The van der Waals surface area contributed by atoms with Crippen LogP contribution in [0.1, 0.15) is 15.9 Å². The van der Waals surface area contributed by atoms with Crippen molar-refractivity contribution in [3.8, 4) is 0 Å². The molecule has 0 fully saturated rings. The quantitative estimate of drug-likeness (QED) is 0.498. The van der Waals surface area contributed by atoms with Crippen molar-refractivity contribution in [2.45, 2.75) is 11.5 Å². The van der Waals surface area contributed by atoms with Crippen molar-refractivity contribution in [3.63, 3.8) is 0 Å². The van der Waals surface area contributed by atoms with Crippen LogP contribution in [0.25, 0.3) is 0 Å². The van der Waals surface area contributed by atoms with Crippen molar-refractivity contribution in [1.82, 2.24) is 4.98 Å². The second-order valence-corrected chi connectivity index (χ2v) is 5.72. The lowest BCUT2D eigenvalue weighted by Crippen LogP contribution is -2.14. The Hall–Kier alpha value is -2.05. The SMILES string of the molecule is NC(=O)CSc1ccccc1C(=O)OCc1ccc(Cl)nc1. The number of carbonyl (C=O) groups is 2. The molecule has 2 N–H and O–H groups in total. The van der Waals surface area contributed by atoms with Crippen LogP contribution in [-0.2, 0) is 16.1 Å². The van der Waals surface area contributed by atoms with Crippen LogP contribution in [-0.4, -0.2) is 22.6 Å². The molecule has 0 radical (unpaired) electrons. The molecule has 0 aliphatic carbocycles. The fraction of sp³-hybridized carbons (Fsp3) is 0.133. The Morgan fingerprint density at radius 2 is 2.00 bits per heavy atom. The number of thioether (sulfide) groups is 1. The molecular formula is C15H13ClN2O3S. The normalized spacial score (nSPS) is 10.2. The van der Waals surface area contributed by atoms with Crippen LogP contribution in [0.4, 0.5) is 0 Å². The number of halogens is 1. The van der Waals surface area contributed by atoms with E-state index in [1.807, 2.05) is 0 Å². The Kier molecular flexibility index (Phi) is 5.80. The highest BCUT2D eigenvalue weighted by Crippen LogP contribution is 2.23. The zero-order valence-corrected chi connectivity index (χ0v) is 13.1. The van der Waals surface area contributed by atoms with Crippen molar-refractivity contribution < 1.29 is 14.3 Å². The van der Waals surface area contributed by atoms with Crippen molar-refractivity contribution in [2.75, 3.05) is 5.75 Å². The van der Waals surface area contributed by atoms with Crippen LogP contribution >= 0.6 is 23.4 Å². The van der Waals surface area contributed by atoms with Crippen molar-refractivity contribution in [3.05, 3.63) is 58.9 Å². The third kappa shape index (κ3) is 4.75. The number of esters is 1. The Morgan fingerprint density at radius 3 is 2.68 bits per heavy atom. The van der Waals surface area contributed by atoms with Crippen LogP contribution in [0.15, 0.2) is 47.5 Å². The Bertz CT molecular complexity index is 677. The van der Waals surface area contributed by atoms with E-state index in [9.17, 15) is 9.59 Å². The molecule has 0 unspecified atom stereocenters. The van der Waals surface area contributed by atoms with E-state index in [4.69, 9.17) is 22.1 Å². The van der Waals surface area contributed by atoms with Gasteiger partial charge in [0.2, 0.25) is 5.91 Å². The van der Waals surface area contributed by atoms with Gasteiger partial charge in [-0.05, 0) is 18.2 Å². The molecule has 0 spiro atoms. The van der Waals surface area contributed by atoms with E-state index in [0.717, 1.165) is 5.56 Å². The van der Waals surface area contributed by atoms with Crippen LogP contribution in [0.5, 0.6) is 0 Å². The molecule has 114 valence electrons. The minimum Gasteiger partial charge on any atom is -0.457 e. The number of carbonyl (C=O) groups excluding carboxylic acids is 2. The number of pyridine rings is 1. The van der Waals surface area contributed by atoms with Crippen molar-refractivity contribution in [2.24, 2.45) is 5.73 Å². The lowest BCUT2D eigenvalue weighted by atomic mass is 10.2. The largest absolute Gasteiger partial charge is 0.457 e. The van der Waals surface area contributed by atoms with Gasteiger partial charge in [-0.1, -0.05) is 29.8 Å². The van der Waals surface area contributed by atoms with E-state index >= 15 is 0 Å². The smallest absolute Gasteiger partial charge is 0.339 e. The molecule has 1 aromatic heterocycles. The van der Waals surface area contributed by atoms with Gasteiger partial charge >= 0.3 is 5.97 Å². The molecule has 0 aliphatic heterocycles. The number of primary amides is 1. The maximum atomic E-state index is 12.2. The lowest BCUT2D eigenvalue weighted by molar-refractivity contribution is -0.115. The summed E-state index contributed by atoms with van der Waals surface area (Å²) in [4.78, 5) is 27.6. The summed E-state index contributed by atoms with van der Waals surface area (Å²) in [6.45, 7) is 0.0951. The summed E-state index contributed by atoms with van der Waals surface area (Å²) in [5, 5.41) is 0.378. The van der Waals surface area contributed by atoms with E-state index in [1.54, 1.807) is 42.6 Å². The summed E-state index contributed by atoms with van der Waals surface area (Å²) in [6.07, 6.45) is 1.54. The average Bonchev–Trinajstić information content (AvgIpc) is 2.52. The number of ether oxygens (including phenoxy) is 1. The number of rotatable bonds is 6. The van der Waals surface area contributed by atoms with Crippen LogP contribution in [0, 0.1) is 0 Å². The molecule has 1 heterocycles. The third-order valence-electron chi connectivity index (χ3n) is 2.64. The average molecular weight is 337 g/mol. The molecule has 5 nitrogen and oxygen atoms in total. The zero-order valence-electron chi connectivity index (χ0n) is 11.5. The standard InChI is InChI=1S/C15H13ClN2O3S/c16-13-6-5-10(7-18-13)8-21-15(20)11-3-1-2-4-12(11)22-9-14(17)19/h1-7H,8-9H2,(H2,17,19). The van der Waals surface area contributed by atoms with Gasteiger partial charge in [-0.15, -0.1) is 11.8 Å². The highest BCUT2D eigenvalue weighted by molar-refractivity contribution is 8.00. The van der Waals surface area contributed by atoms with E-state index in [2.05, 4.69) is 4.98 Å². The van der Waals surface area contributed by atoms with Crippen LogP contribution in [0.3, 0.4) is 0 Å². The number of nitrogens with two attached hydrogens (primary N) is 1. The predicted octanol–water partition coefficient (Wildman–Crippen LogP) is 2.67. The highest BCUT2D eigenvalue weighted by Gasteiger charge is 2.13. The van der Waals surface area contributed by atoms with E-state index < -0.39 is 11.9 Å². The highest BCUT2D eigenvalue weighted by atomic mass is 35.5. The zero-order chi connectivity index (χ0) is 15.9.